The number of likely N-dealkylation sites (N-methyl/N-ethyl adjacent to an activating group) is 1. The summed E-state index contributed by atoms with van der Waals surface area (Å²) in [5, 5.41) is 4.82. The van der Waals surface area contributed by atoms with Crippen LogP contribution in [0.15, 0.2) is 54.7 Å². The maximum atomic E-state index is 13.9. The molecule has 0 spiro atoms. The van der Waals surface area contributed by atoms with Crippen molar-refractivity contribution < 1.29 is 9.13 Å². The van der Waals surface area contributed by atoms with Crippen LogP contribution in [0.2, 0.25) is 0 Å². The molecule has 6 heteroatoms. The topological polar surface area (TPSA) is 33.5 Å². The molecule has 2 aromatic carbocycles. The second kappa shape index (κ2) is 8.35. The minimum absolute atomic E-state index is 0.249. The number of methoxy groups -OCH3 is 1. The summed E-state index contributed by atoms with van der Waals surface area (Å²) in [5.74, 6) is 0.554. The van der Waals surface area contributed by atoms with Crippen LogP contribution in [0.4, 0.5) is 4.39 Å². The van der Waals surface area contributed by atoms with Gasteiger partial charge in [-0.2, -0.15) is 5.10 Å². The summed E-state index contributed by atoms with van der Waals surface area (Å²) in [5.41, 5.74) is 3.67. The average Bonchev–Trinajstić information content (AvgIpc) is 3.14. The fourth-order valence-electron chi connectivity index (χ4n) is 3.78. The maximum absolute atomic E-state index is 13.9. The Kier molecular flexibility index (Phi) is 5.65. The summed E-state index contributed by atoms with van der Waals surface area (Å²) >= 11 is 0. The highest BCUT2D eigenvalue weighted by Crippen LogP contribution is 2.27. The van der Waals surface area contributed by atoms with Crippen molar-refractivity contribution in [1.29, 1.82) is 0 Å². The van der Waals surface area contributed by atoms with E-state index in [-0.39, 0.29) is 5.82 Å². The monoisotopic (exact) mass is 394 g/mol. The number of hydrogen-bond donors (Lipinski definition) is 0. The van der Waals surface area contributed by atoms with E-state index in [0.29, 0.717) is 6.04 Å². The Bertz CT molecular complexity index is 969. The number of piperazine rings is 1. The van der Waals surface area contributed by atoms with Crippen LogP contribution in [0.25, 0.3) is 16.9 Å². The molecule has 0 N–H and O–H groups in total. The Hall–Kier alpha value is -2.70. The Morgan fingerprint density at radius 1 is 1.14 bits per heavy atom. The summed E-state index contributed by atoms with van der Waals surface area (Å²) in [6.07, 6.45) is 2.06. The highest BCUT2D eigenvalue weighted by Gasteiger charge is 2.23. The van der Waals surface area contributed by atoms with Gasteiger partial charge in [0, 0.05) is 49.5 Å². The number of hydrogen-bond acceptors (Lipinski definition) is 4. The molecule has 1 saturated heterocycles. The van der Waals surface area contributed by atoms with Gasteiger partial charge in [0.05, 0.1) is 18.5 Å². The van der Waals surface area contributed by atoms with Crippen LogP contribution in [0.3, 0.4) is 0 Å². The van der Waals surface area contributed by atoms with Gasteiger partial charge in [-0.05, 0) is 50.4 Å². The van der Waals surface area contributed by atoms with Crippen molar-refractivity contribution in [2.24, 2.45) is 0 Å². The lowest BCUT2D eigenvalue weighted by Crippen LogP contribution is -2.49. The molecule has 2 heterocycles. The Morgan fingerprint density at radius 2 is 1.93 bits per heavy atom. The summed E-state index contributed by atoms with van der Waals surface area (Å²) in [7, 11) is 3.82. The van der Waals surface area contributed by atoms with Crippen LogP contribution in [0, 0.1) is 5.82 Å². The first-order valence-electron chi connectivity index (χ1n) is 9.95. The van der Waals surface area contributed by atoms with Crippen molar-refractivity contribution >= 4 is 0 Å². The van der Waals surface area contributed by atoms with Gasteiger partial charge in [-0.3, -0.25) is 4.90 Å². The zero-order chi connectivity index (χ0) is 20.4. The number of nitrogens with zero attached hydrogens (tertiary/aromatic N) is 4. The van der Waals surface area contributed by atoms with Crippen molar-refractivity contribution in [2.75, 3.05) is 33.8 Å². The molecule has 4 rings (SSSR count). The molecular formula is C23H27FN4O. The lowest BCUT2D eigenvalue weighted by Gasteiger charge is -2.37. The van der Waals surface area contributed by atoms with Crippen LogP contribution >= 0.6 is 0 Å². The van der Waals surface area contributed by atoms with Gasteiger partial charge >= 0.3 is 0 Å². The normalized spacial score (nSPS) is 18.1. The molecular weight excluding hydrogens is 367 g/mol. The van der Waals surface area contributed by atoms with E-state index in [4.69, 9.17) is 9.84 Å². The predicted molar refractivity (Wildman–Crippen MR) is 113 cm³/mol. The molecule has 1 aliphatic heterocycles. The zero-order valence-electron chi connectivity index (χ0n) is 17.2. The lowest BCUT2D eigenvalue weighted by atomic mass is 10.1. The third kappa shape index (κ3) is 4.33. The molecule has 1 aromatic heterocycles. The van der Waals surface area contributed by atoms with Gasteiger partial charge in [0.25, 0.3) is 0 Å². The van der Waals surface area contributed by atoms with Crippen LogP contribution in [0.1, 0.15) is 12.5 Å². The molecule has 5 nitrogen and oxygen atoms in total. The van der Waals surface area contributed by atoms with Gasteiger partial charge in [-0.15, -0.1) is 0 Å². The Morgan fingerprint density at radius 3 is 2.62 bits per heavy atom. The van der Waals surface area contributed by atoms with E-state index in [1.165, 1.54) is 6.07 Å². The maximum Gasteiger partial charge on any atom is 0.123 e. The molecule has 1 aliphatic rings. The summed E-state index contributed by atoms with van der Waals surface area (Å²) < 4.78 is 21.0. The first kappa shape index (κ1) is 19.6. The molecule has 0 amide bonds. The van der Waals surface area contributed by atoms with Gasteiger partial charge in [-0.25, -0.2) is 9.07 Å². The third-order valence-corrected chi connectivity index (χ3v) is 5.66. The van der Waals surface area contributed by atoms with E-state index < -0.39 is 0 Å². The van der Waals surface area contributed by atoms with E-state index in [0.717, 1.165) is 54.4 Å². The molecule has 29 heavy (non-hydrogen) atoms. The number of halogens is 1. The van der Waals surface area contributed by atoms with Crippen LogP contribution in [-0.2, 0) is 6.54 Å². The second-order valence-electron chi connectivity index (χ2n) is 7.72. The van der Waals surface area contributed by atoms with Gasteiger partial charge in [0.15, 0.2) is 0 Å². The van der Waals surface area contributed by atoms with Crippen molar-refractivity contribution in [2.45, 2.75) is 19.5 Å². The largest absolute Gasteiger partial charge is 0.497 e. The van der Waals surface area contributed by atoms with E-state index >= 15 is 0 Å². The third-order valence-electron chi connectivity index (χ3n) is 5.66. The van der Waals surface area contributed by atoms with E-state index in [1.54, 1.807) is 19.2 Å². The SMILES string of the molecule is COc1ccc(-n2cc(CN3CCN(C)[C@H](C)C3)c(-c3cccc(F)c3)n2)cc1. The highest BCUT2D eigenvalue weighted by molar-refractivity contribution is 5.63. The molecule has 3 aromatic rings. The number of aromatic nitrogens is 2. The average molecular weight is 394 g/mol. The Labute approximate surface area is 171 Å². The van der Waals surface area contributed by atoms with Crippen molar-refractivity contribution in [1.82, 2.24) is 19.6 Å². The molecule has 0 unspecified atom stereocenters. The minimum Gasteiger partial charge on any atom is -0.497 e. The molecule has 0 radical (unpaired) electrons. The zero-order valence-corrected chi connectivity index (χ0v) is 17.2. The van der Waals surface area contributed by atoms with E-state index in [9.17, 15) is 4.39 Å². The van der Waals surface area contributed by atoms with Crippen LogP contribution in [-0.4, -0.2) is 59.4 Å². The number of benzene rings is 2. The van der Waals surface area contributed by atoms with Crippen LogP contribution < -0.4 is 4.74 Å². The second-order valence-corrected chi connectivity index (χ2v) is 7.72. The molecule has 0 aliphatic carbocycles. The Balaban J connectivity index is 1.68. The molecule has 0 bridgehead atoms. The number of rotatable bonds is 5. The lowest BCUT2D eigenvalue weighted by molar-refractivity contribution is 0.100. The minimum atomic E-state index is -0.249. The van der Waals surface area contributed by atoms with E-state index in [2.05, 4.69) is 30.0 Å². The first-order valence-corrected chi connectivity index (χ1v) is 9.95. The predicted octanol–water partition coefficient (Wildman–Crippen LogP) is 3.82. The number of ether oxygens (including phenoxy) is 1. The molecule has 1 fully saturated rings. The smallest absolute Gasteiger partial charge is 0.123 e. The van der Waals surface area contributed by atoms with Gasteiger partial charge in [-0.1, -0.05) is 12.1 Å². The molecule has 1 atom stereocenters. The van der Waals surface area contributed by atoms with Crippen molar-refractivity contribution in [3.8, 4) is 22.7 Å². The van der Waals surface area contributed by atoms with Crippen molar-refractivity contribution in [3.63, 3.8) is 0 Å². The fourth-order valence-corrected chi connectivity index (χ4v) is 3.78. The summed E-state index contributed by atoms with van der Waals surface area (Å²) in [6, 6.07) is 15.0. The molecule has 152 valence electrons. The molecule has 0 saturated carbocycles. The highest BCUT2D eigenvalue weighted by atomic mass is 19.1. The quantitative estimate of drug-likeness (QED) is 0.659. The van der Waals surface area contributed by atoms with Gasteiger partial charge < -0.3 is 9.64 Å². The fraction of sp³-hybridized carbons (Fsp3) is 0.348. The standard InChI is InChI=1S/C23H27FN4O/c1-17-14-27(12-11-26(17)2)15-19-16-28(21-7-9-22(29-3)10-8-21)25-23(19)18-5-4-6-20(24)13-18/h4-10,13,16-17H,11-12,14-15H2,1-3H3/t17-/m1/s1. The van der Waals surface area contributed by atoms with E-state index in [1.807, 2.05) is 35.0 Å². The van der Waals surface area contributed by atoms with Gasteiger partial charge in [0.1, 0.15) is 11.6 Å². The van der Waals surface area contributed by atoms with Crippen LogP contribution in [0.5, 0.6) is 5.75 Å². The summed E-state index contributed by atoms with van der Waals surface area (Å²) in [4.78, 5) is 4.83. The van der Waals surface area contributed by atoms with Crippen molar-refractivity contribution in [3.05, 3.63) is 66.1 Å². The first-order chi connectivity index (χ1) is 14.0. The van der Waals surface area contributed by atoms with Gasteiger partial charge in [0.2, 0.25) is 0 Å². The summed E-state index contributed by atoms with van der Waals surface area (Å²) in [6.45, 7) is 6.10.